The fraction of sp³-hybridized carbons (Fsp3) is 0.385. The molecular formula is C13H19N. The molecule has 76 valence electrons. The molecule has 0 saturated heterocycles. The number of hydrogen-bond acceptors (Lipinski definition) is 1. The summed E-state index contributed by atoms with van der Waals surface area (Å²) in [5.41, 5.74) is 8.58. The van der Waals surface area contributed by atoms with Gasteiger partial charge in [0.05, 0.1) is 0 Å². The van der Waals surface area contributed by atoms with Gasteiger partial charge in [-0.05, 0) is 30.9 Å². The number of benzene rings is 1. The van der Waals surface area contributed by atoms with Crippen molar-refractivity contribution in [1.82, 2.24) is 0 Å². The molecule has 14 heavy (non-hydrogen) atoms. The molecule has 0 aliphatic carbocycles. The molecule has 0 aliphatic rings. The Morgan fingerprint density at radius 3 is 2.50 bits per heavy atom. The van der Waals surface area contributed by atoms with Crippen molar-refractivity contribution in [2.45, 2.75) is 32.7 Å². The van der Waals surface area contributed by atoms with E-state index in [1.807, 2.05) is 6.07 Å². The van der Waals surface area contributed by atoms with Crippen molar-refractivity contribution >= 4 is 5.57 Å². The van der Waals surface area contributed by atoms with Gasteiger partial charge in [-0.25, -0.2) is 0 Å². The minimum Gasteiger partial charge on any atom is -0.327 e. The molecule has 0 aromatic heterocycles. The van der Waals surface area contributed by atoms with Crippen LogP contribution in [0.2, 0.25) is 0 Å². The Hall–Kier alpha value is -1.08. The number of nitrogens with two attached hydrogens (primary N) is 1. The molecule has 1 unspecified atom stereocenters. The van der Waals surface area contributed by atoms with Crippen LogP contribution >= 0.6 is 0 Å². The van der Waals surface area contributed by atoms with E-state index in [1.54, 1.807) is 0 Å². The molecule has 1 atom stereocenters. The van der Waals surface area contributed by atoms with Gasteiger partial charge in [-0.2, -0.15) is 0 Å². The van der Waals surface area contributed by atoms with E-state index in [0.717, 1.165) is 12.8 Å². The molecule has 0 fully saturated rings. The Labute approximate surface area is 86.6 Å². The van der Waals surface area contributed by atoms with Crippen molar-refractivity contribution < 1.29 is 0 Å². The van der Waals surface area contributed by atoms with Gasteiger partial charge in [-0.1, -0.05) is 43.3 Å². The molecule has 0 radical (unpaired) electrons. The molecule has 0 saturated carbocycles. The summed E-state index contributed by atoms with van der Waals surface area (Å²) in [5.74, 6) is 0. The largest absolute Gasteiger partial charge is 0.327 e. The van der Waals surface area contributed by atoms with E-state index < -0.39 is 0 Å². The maximum absolute atomic E-state index is 5.95. The highest BCUT2D eigenvalue weighted by molar-refractivity contribution is 5.65. The van der Waals surface area contributed by atoms with E-state index in [-0.39, 0.29) is 6.04 Å². The van der Waals surface area contributed by atoms with Crippen LogP contribution in [0.1, 0.15) is 32.3 Å². The van der Waals surface area contributed by atoms with Crippen LogP contribution in [0.3, 0.4) is 0 Å². The molecule has 1 aromatic rings. The zero-order valence-corrected chi connectivity index (χ0v) is 9.03. The predicted molar refractivity (Wildman–Crippen MR) is 63.0 cm³/mol. The van der Waals surface area contributed by atoms with Gasteiger partial charge in [-0.3, -0.25) is 0 Å². The van der Waals surface area contributed by atoms with Crippen molar-refractivity contribution in [3.05, 3.63) is 42.0 Å². The zero-order chi connectivity index (χ0) is 10.4. The number of allylic oxidation sites excluding steroid dienone is 1. The maximum atomic E-state index is 5.95. The Morgan fingerprint density at radius 2 is 2.00 bits per heavy atom. The third-order valence-electron chi connectivity index (χ3n) is 2.50. The van der Waals surface area contributed by atoms with Crippen molar-refractivity contribution in [3.8, 4) is 0 Å². The van der Waals surface area contributed by atoms with Crippen molar-refractivity contribution in [1.29, 1.82) is 0 Å². The lowest BCUT2D eigenvalue weighted by molar-refractivity contribution is 0.667. The minimum absolute atomic E-state index is 0.279. The zero-order valence-electron chi connectivity index (χ0n) is 9.03. The summed E-state index contributed by atoms with van der Waals surface area (Å²) in [5, 5.41) is 0. The van der Waals surface area contributed by atoms with E-state index in [2.05, 4.69) is 44.2 Å². The first-order valence-corrected chi connectivity index (χ1v) is 5.24. The van der Waals surface area contributed by atoms with E-state index in [1.165, 1.54) is 11.1 Å². The molecule has 2 N–H and O–H groups in total. The lowest BCUT2D eigenvalue weighted by atomic mass is 9.98. The van der Waals surface area contributed by atoms with Gasteiger partial charge in [0.25, 0.3) is 0 Å². The fourth-order valence-electron chi connectivity index (χ4n) is 1.48. The summed E-state index contributed by atoms with van der Waals surface area (Å²) in [6.45, 7) is 4.20. The highest BCUT2D eigenvalue weighted by Crippen LogP contribution is 2.19. The van der Waals surface area contributed by atoms with Crippen LogP contribution in [-0.2, 0) is 0 Å². The summed E-state index contributed by atoms with van der Waals surface area (Å²) >= 11 is 0. The van der Waals surface area contributed by atoms with Crippen LogP contribution in [-0.4, -0.2) is 6.04 Å². The smallest absolute Gasteiger partial charge is 0.00767 e. The van der Waals surface area contributed by atoms with Crippen LogP contribution in [0, 0.1) is 0 Å². The maximum Gasteiger partial charge on any atom is 0.00767 e. The van der Waals surface area contributed by atoms with Gasteiger partial charge in [0, 0.05) is 6.04 Å². The Morgan fingerprint density at radius 1 is 1.36 bits per heavy atom. The van der Waals surface area contributed by atoms with E-state index >= 15 is 0 Å². The molecule has 1 aromatic carbocycles. The number of rotatable bonds is 4. The fourth-order valence-corrected chi connectivity index (χ4v) is 1.48. The average Bonchev–Trinajstić information content (AvgIpc) is 2.26. The Balaban J connectivity index is 2.74. The van der Waals surface area contributed by atoms with Crippen molar-refractivity contribution in [3.63, 3.8) is 0 Å². The summed E-state index contributed by atoms with van der Waals surface area (Å²) in [6, 6.07) is 10.7. The van der Waals surface area contributed by atoms with Crippen molar-refractivity contribution in [2.24, 2.45) is 5.73 Å². The molecule has 1 rings (SSSR count). The van der Waals surface area contributed by atoms with Gasteiger partial charge in [0.15, 0.2) is 0 Å². The first-order chi connectivity index (χ1) is 6.77. The second kappa shape index (κ2) is 5.61. The lowest BCUT2D eigenvalue weighted by Crippen LogP contribution is -2.18. The molecule has 0 amide bonds. The van der Waals surface area contributed by atoms with Crippen molar-refractivity contribution in [2.75, 3.05) is 0 Å². The lowest BCUT2D eigenvalue weighted by Gasteiger charge is -2.12. The minimum atomic E-state index is 0.279. The molecule has 1 nitrogen and oxygen atoms in total. The van der Waals surface area contributed by atoms with E-state index in [4.69, 9.17) is 5.73 Å². The van der Waals surface area contributed by atoms with E-state index in [9.17, 15) is 0 Å². The molecule has 0 spiro atoms. The van der Waals surface area contributed by atoms with Crippen LogP contribution in [0.15, 0.2) is 36.4 Å². The average molecular weight is 189 g/mol. The Bertz CT molecular complexity index is 287. The summed E-state index contributed by atoms with van der Waals surface area (Å²) < 4.78 is 0. The monoisotopic (exact) mass is 189 g/mol. The standard InChI is InChI=1S/C13H19N/c1-3-11(10-13(14)4-2)12-8-6-5-7-9-12/h3,5-9,13H,4,10,14H2,1-2H3/b11-3-. The molecule has 0 bridgehead atoms. The van der Waals surface area contributed by atoms with Crippen LogP contribution < -0.4 is 5.73 Å². The second-order valence-corrected chi connectivity index (χ2v) is 3.55. The summed E-state index contributed by atoms with van der Waals surface area (Å²) in [6.07, 6.45) is 4.16. The number of hydrogen-bond donors (Lipinski definition) is 1. The predicted octanol–water partition coefficient (Wildman–Crippen LogP) is 3.22. The van der Waals surface area contributed by atoms with Crippen LogP contribution in [0.5, 0.6) is 0 Å². The molecular weight excluding hydrogens is 170 g/mol. The highest BCUT2D eigenvalue weighted by Gasteiger charge is 2.04. The van der Waals surface area contributed by atoms with Crippen LogP contribution in [0.4, 0.5) is 0 Å². The third kappa shape index (κ3) is 3.00. The second-order valence-electron chi connectivity index (χ2n) is 3.55. The highest BCUT2D eigenvalue weighted by atomic mass is 14.6. The van der Waals surface area contributed by atoms with Gasteiger partial charge >= 0.3 is 0 Å². The van der Waals surface area contributed by atoms with Gasteiger partial charge in [0.2, 0.25) is 0 Å². The van der Waals surface area contributed by atoms with Gasteiger partial charge in [-0.15, -0.1) is 0 Å². The first-order valence-electron chi connectivity index (χ1n) is 5.24. The van der Waals surface area contributed by atoms with Gasteiger partial charge in [0.1, 0.15) is 0 Å². The van der Waals surface area contributed by atoms with E-state index in [0.29, 0.717) is 0 Å². The van der Waals surface area contributed by atoms with Crippen LogP contribution in [0.25, 0.3) is 5.57 Å². The first kappa shape index (κ1) is 11.0. The van der Waals surface area contributed by atoms with Gasteiger partial charge < -0.3 is 5.73 Å². The molecule has 1 heteroatoms. The Kier molecular flexibility index (Phi) is 4.41. The third-order valence-corrected chi connectivity index (χ3v) is 2.50. The SMILES string of the molecule is C/C=C(/CC(N)CC)c1ccccc1. The molecule has 0 heterocycles. The quantitative estimate of drug-likeness (QED) is 0.773. The molecule has 0 aliphatic heterocycles. The summed E-state index contributed by atoms with van der Waals surface area (Å²) in [4.78, 5) is 0. The topological polar surface area (TPSA) is 26.0 Å². The summed E-state index contributed by atoms with van der Waals surface area (Å²) in [7, 11) is 0. The normalized spacial score (nSPS) is 14.1.